The number of halogens is 3. The quantitative estimate of drug-likeness (QED) is 0.230. The number of nitrogens with zero attached hydrogens (tertiary/aromatic N) is 1. The van der Waals surface area contributed by atoms with Gasteiger partial charge in [-0.25, -0.2) is 0 Å². The van der Waals surface area contributed by atoms with Crippen LogP contribution in [0.1, 0.15) is 31.0 Å². The molecule has 38 heavy (non-hydrogen) atoms. The summed E-state index contributed by atoms with van der Waals surface area (Å²) in [5.74, 6) is -2.22. The predicted molar refractivity (Wildman–Crippen MR) is 133 cm³/mol. The van der Waals surface area contributed by atoms with Crippen LogP contribution in [0.2, 0.25) is 0 Å². The fraction of sp³-hybridized carbons (Fsp3) is 0.214. The van der Waals surface area contributed by atoms with Crippen LogP contribution in [-0.4, -0.2) is 36.4 Å². The highest BCUT2D eigenvalue weighted by Gasteiger charge is 2.47. The number of anilines is 1. The number of alkyl halides is 3. The molecule has 10 heteroatoms. The van der Waals surface area contributed by atoms with Gasteiger partial charge < -0.3 is 19.3 Å². The molecule has 0 aliphatic carbocycles. The lowest BCUT2D eigenvalue weighted by atomic mass is 9.95. The van der Waals surface area contributed by atoms with E-state index in [1.54, 1.807) is 42.5 Å². The van der Waals surface area contributed by atoms with E-state index in [1.165, 1.54) is 25.3 Å². The Labute approximate surface area is 216 Å². The van der Waals surface area contributed by atoms with E-state index >= 15 is 0 Å². The minimum Gasteiger partial charge on any atom is -0.507 e. The minimum absolute atomic E-state index is 0.0300. The van der Waals surface area contributed by atoms with Gasteiger partial charge in [-0.15, -0.1) is 13.2 Å². The van der Waals surface area contributed by atoms with Crippen LogP contribution in [0.3, 0.4) is 0 Å². The van der Waals surface area contributed by atoms with Crippen molar-refractivity contribution in [1.29, 1.82) is 0 Å². The van der Waals surface area contributed by atoms with Crippen molar-refractivity contribution in [3.63, 3.8) is 0 Å². The van der Waals surface area contributed by atoms with E-state index in [0.29, 0.717) is 17.1 Å². The summed E-state index contributed by atoms with van der Waals surface area (Å²) in [4.78, 5) is 27.7. The summed E-state index contributed by atoms with van der Waals surface area (Å²) < 4.78 is 53.6. The second kappa shape index (κ2) is 10.5. The van der Waals surface area contributed by atoms with E-state index in [0.717, 1.165) is 17.0 Å². The second-order valence-electron chi connectivity index (χ2n) is 8.69. The standard InChI is InChI=1S/C28H24F3NO6/c1-16(2)37-21-11-5-8-18(14-21)25(33)23-24(17-7-4-10-20(13-17)36-3)32(27(35)26(23)34)19-9-6-12-22(15-19)38-28(29,30)31/h4-16,24,33H,1-3H3/b25-23+. The van der Waals surface area contributed by atoms with Crippen molar-refractivity contribution in [3.8, 4) is 17.2 Å². The molecule has 3 aromatic rings. The third kappa shape index (κ3) is 5.59. The van der Waals surface area contributed by atoms with Crippen molar-refractivity contribution in [3.05, 3.63) is 89.5 Å². The molecule has 3 aromatic carbocycles. The number of carbonyl (C=O) groups is 2. The zero-order valence-corrected chi connectivity index (χ0v) is 20.7. The van der Waals surface area contributed by atoms with Crippen LogP contribution < -0.4 is 19.1 Å². The summed E-state index contributed by atoms with van der Waals surface area (Å²) in [6, 6.07) is 16.4. The molecule has 1 atom stereocenters. The third-order valence-corrected chi connectivity index (χ3v) is 5.66. The number of rotatable bonds is 7. The SMILES string of the molecule is COc1cccc(C2/C(=C(\O)c3cccc(OC(C)C)c3)C(=O)C(=O)N2c2cccc(OC(F)(F)F)c2)c1. The molecule has 1 amide bonds. The highest BCUT2D eigenvalue weighted by atomic mass is 19.4. The highest BCUT2D eigenvalue weighted by molar-refractivity contribution is 6.51. The van der Waals surface area contributed by atoms with Crippen LogP contribution in [0.25, 0.3) is 5.76 Å². The molecule has 1 fully saturated rings. The lowest BCUT2D eigenvalue weighted by Crippen LogP contribution is -2.29. The lowest BCUT2D eigenvalue weighted by molar-refractivity contribution is -0.274. The maximum absolute atomic E-state index is 13.3. The van der Waals surface area contributed by atoms with Crippen LogP contribution in [-0.2, 0) is 9.59 Å². The first kappa shape index (κ1) is 26.6. The maximum atomic E-state index is 13.3. The predicted octanol–water partition coefficient (Wildman–Crippen LogP) is 6.01. The molecule has 1 saturated heterocycles. The first-order valence-corrected chi connectivity index (χ1v) is 11.6. The minimum atomic E-state index is -4.96. The zero-order valence-electron chi connectivity index (χ0n) is 20.7. The Morgan fingerprint density at radius 2 is 1.58 bits per heavy atom. The normalized spacial score (nSPS) is 17.1. The molecule has 0 bridgehead atoms. The third-order valence-electron chi connectivity index (χ3n) is 5.66. The molecule has 1 aliphatic rings. The Morgan fingerprint density at radius 3 is 2.26 bits per heavy atom. The van der Waals surface area contributed by atoms with Gasteiger partial charge in [0.1, 0.15) is 23.0 Å². The smallest absolute Gasteiger partial charge is 0.507 e. The van der Waals surface area contributed by atoms with Crippen molar-refractivity contribution in [1.82, 2.24) is 0 Å². The molecule has 198 valence electrons. The molecule has 0 radical (unpaired) electrons. The number of ketones is 1. The molecular weight excluding hydrogens is 503 g/mol. The topological polar surface area (TPSA) is 85.3 Å². The van der Waals surface area contributed by atoms with Gasteiger partial charge in [0.25, 0.3) is 11.7 Å². The summed E-state index contributed by atoms with van der Waals surface area (Å²) in [5.41, 5.74) is 0.342. The number of hydrogen-bond donors (Lipinski definition) is 1. The molecule has 0 spiro atoms. The van der Waals surface area contributed by atoms with Crippen molar-refractivity contribution in [2.45, 2.75) is 32.4 Å². The van der Waals surface area contributed by atoms with E-state index in [9.17, 15) is 27.9 Å². The van der Waals surface area contributed by atoms with E-state index in [4.69, 9.17) is 9.47 Å². The van der Waals surface area contributed by atoms with Crippen molar-refractivity contribution in [2.24, 2.45) is 0 Å². The number of hydrogen-bond acceptors (Lipinski definition) is 6. The summed E-state index contributed by atoms with van der Waals surface area (Å²) in [6.07, 6.45) is -5.11. The van der Waals surface area contributed by atoms with Crippen LogP contribution in [0, 0.1) is 0 Å². The van der Waals surface area contributed by atoms with E-state index < -0.39 is 35.6 Å². The van der Waals surface area contributed by atoms with Crippen molar-refractivity contribution in [2.75, 3.05) is 12.0 Å². The average Bonchev–Trinajstić information content (AvgIpc) is 3.13. The van der Waals surface area contributed by atoms with E-state index in [2.05, 4.69) is 4.74 Å². The number of Topliss-reactive ketones (excluding diaryl/α,β-unsaturated/α-hetero) is 1. The lowest BCUT2D eigenvalue weighted by Gasteiger charge is -2.26. The van der Waals surface area contributed by atoms with Crippen LogP contribution in [0.15, 0.2) is 78.4 Å². The van der Waals surface area contributed by atoms with Crippen LogP contribution in [0.4, 0.5) is 18.9 Å². The molecule has 1 aliphatic heterocycles. The summed E-state index contributed by atoms with van der Waals surface area (Å²) in [5, 5.41) is 11.3. The van der Waals surface area contributed by atoms with Crippen LogP contribution >= 0.6 is 0 Å². The number of ether oxygens (including phenoxy) is 3. The van der Waals surface area contributed by atoms with Gasteiger partial charge in [-0.3, -0.25) is 14.5 Å². The van der Waals surface area contributed by atoms with Gasteiger partial charge in [0.05, 0.1) is 24.8 Å². The molecule has 4 rings (SSSR count). The molecule has 7 nitrogen and oxygen atoms in total. The Kier molecular flexibility index (Phi) is 7.34. The molecular formula is C28H24F3NO6. The average molecular weight is 527 g/mol. The molecule has 1 unspecified atom stereocenters. The van der Waals surface area contributed by atoms with Gasteiger partial charge in [0, 0.05) is 17.3 Å². The van der Waals surface area contributed by atoms with Gasteiger partial charge in [-0.1, -0.05) is 30.3 Å². The second-order valence-corrected chi connectivity index (χ2v) is 8.69. The van der Waals surface area contributed by atoms with E-state index in [-0.39, 0.29) is 22.9 Å². The van der Waals surface area contributed by atoms with Gasteiger partial charge in [0.2, 0.25) is 0 Å². The van der Waals surface area contributed by atoms with Crippen LogP contribution in [0.5, 0.6) is 17.2 Å². The van der Waals surface area contributed by atoms with Crippen molar-refractivity contribution >= 4 is 23.1 Å². The van der Waals surface area contributed by atoms with Gasteiger partial charge >= 0.3 is 6.36 Å². The number of carbonyl (C=O) groups excluding carboxylic acids is 2. The summed E-state index contributed by atoms with van der Waals surface area (Å²) in [7, 11) is 1.44. The fourth-order valence-electron chi connectivity index (χ4n) is 4.20. The highest BCUT2D eigenvalue weighted by Crippen LogP contribution is 2.44. The number of amides is 1. The van der Waals surface area contributed by atoms with E-state index in [1.807, 2.05) is 13.8 Å². The number of benzene rings is 3. The van der Waals surface area contributed by atoms with Gasteiger partial charge in [-0.05, 0) is 55.8 Å². The molecule has 0 aromatic heterocycles. The molecule has 0 saturated carbocycles. The number of aliphatic hydroxyl groups is 1. The fourth-order valence-corrected chi connectivity index (χ4v) is 4.20. The Morgan fingerprint density at radius 1 is 0.921 bits per heavy atom. The Balaban J connectivity index is 1.90. The summed E-state index contributed by atoms with van der Waals surface area (Å²) >= 11 is 0. The Hall–Kier alpha value is -4.47. The molecule has 1 heterocycles. The van der Waals surface area contributed by atoms with Gasteiger partial charge in [-0.2, -0.15) is 0 Å². The number of methoxy groups -OCH3 is 1. The first-order valence-electron chi connectivity index (χ1n) is 11.6. The maximum Gasteiger partial charge on any atom is 0.573 e. The number of aliphatic hydroxyl groups excluding tert-OH is 1. The molecule has 1 N–H and O–H groups in total. The Bertz CT molecular complexity index is 1400. The summed E-state index contributed by atoms with van der Waals surface area (Å²) in [6.45, 7) is 3.66. The van der Waals surface area contributed by atoms with Gasteiger partial charge in [0.15, 0.2) is 0 Å². The van der Waals surface area contributed by atoms with Crippen molar-refractivity contribution < 1.29 is 42.1 Å². The first-order chi connectivity index (χ1) is 18.0. The monoisotopic (exact) mass is 527 g/mol. The largest absolute Gasteiger partial charge is 0.573 e. The zero-order chi connectivity index (χ0) is 27.6.